The number of anilines is 2. The molecule has 1 N–H and O–H groups in total. The molecule has 0 aromatic heterocycles. The van der Waals surface area contributed by atoms with Gasteiger partial charge in [-0.25, -0.2) is 8.42 Å². The Kier molecular flexibility index (Phi) is 6.57. The first-order valence-corrected chi connectivity index (χ1v) is 12.3. The maximum absolute atomic E-state index is 13.1. The second kappa shape index (κ2) is 9.40. The van der Waals surface area contributed by atoms with Crippen molar-refractivity contribution in [3.05, 3.63) is 42.5 Å². The van der Waals surface area contributed by atoms with E-state index in [-0.39, 0.29) is 42.3 Å². The van der Waals surface area contributed by atoms with Gasteiger partial charge in [0.25, 0.3) is 5.91 Å². The van der Waals surface area contributed by atoms with E-state index in [1.165, 1.54) is 16.4 Å². The number of sulfonamides is 1. The normalized spacial score (nSPS) is 17.0. The molecule has 2 aliphatic heterocycles. The molecule has 4 rings (SSSR count). The highest BCUT2D eigenvalue weighted by atomic mass is 32.2. The van der Waals surface area contributed by atoms with Crippen molar-refractivity contribution in [2.75, 3.05) is 43.6 Å². The van der Waals surface area contributed by atoms with E-state index < -0.39 is 10.0 Å². The SMILES string of the molecule is CCOc1ccc(N(C)C(=O)C2CCN(S(=O)(=O)c3ccc4c(c3)NC(=O)CO4)CC2)cc1. The second-order valence-corrected chi connectivity index (χ2v) is 9.94. The molecule has 0 radical (unpaired) electrons. The van der Waals surface area contributed by atoms with Gasteiger partial charge in [-0.1, -0.05) is 0 Å². The highest BCUT2D eigenvalue weighted by molar-refractivity contribution is 7.89. The molecule has 0 aliphatic carbocycles. The molecule has 0 atom stereocenters. The number of rotatable bonds is 6. The number of carbonyl (C=O) groups is 2. The van der Waals surface area contributed by atoms with E-state index in [9.17, 15) is 18.0 Å². The van der Waals surface area contributed by atoms with E-state index in [2.05, 4.69) is 5.32 Å². The van der Waals surface area contributed by atoms with Gasteiger partial charge in [0.05, 0.1) is 17.2 Å². The number of nitrogens with zero attached hydrogens (tertiary/aromatic N) is 2. The number of fused-ring (bicyclic) bond motifs is 1. The molecule has 2 aromatic carbocycles. The molecule has 10 heteroatoms. The van der Waals surface area contributed by atoms with Crippen LogP contribution in [0, 0.1) is 5.92 Å². The van der Waals surface area contributed by atoms with Crippen LogP contribution in [0.25, 0.3) is 0 Å². The van der Waals surface area contributed by atoms with Crippen LogP contribution in [0.2, 0.25) is 0 Å². The average Bonchev–Trinajstić information content (AvgIpc) is 2.83. The summed E-state index contributed by atoms with van der Waals surface area (Å²) in [6.07, 6.45) is 0.869. The van der Waals surface area contributed by atoms with Crippen molar-refractivity contribution < 1.29 is 27.5 Å². The van der Waals surface area contributed by atoms with Gasteiger partial charge in [0, 0.05) is 31.7 Å². The minimum absolute atomic E-state index is 0.0372. The van der Waals surface area contributed by atoms with Gasteiger partial charge in [0.2, 0.25) is 15.9 Å². The van der Waals surface area contributed by atoms with E-state index in [0.29, 0.717) is 30.9 Å². The highest BCUT2D eigenvalue weighted by Gasteiger charge is 2.34. The Morgan fingerprint density at radius 3 is 2.55 bits per heavy atom. The minimum atomic E-state index is -3.76. The van der Waals surface area contributed by atoms with Crippen LogP contribution in [0.3, 0.4) is 0 Å². The quantitative estimate of drug-likeness (QED) is 0.691. The summed E-state index contributed by atoms with van der Waals surface area (Å²) in [5, 5.41) is 2.63. The smallest absolute Gasteiger partial charge is 0.262 e. The molecule has 9 nitrogen and oxygen atoms in total. The van der Waals surface area contributed by atoms with Gasteiger partial charge < -0.3 is 19.7 Å². The van der Waals surface area contributed by atoms with Crippen LogP contribution in [0.1, 0.15) is 19.8 Å². The van der Waals surface area contributed by atoms with Crippen LogP contribution in [-0.4, -0.2) is 57.9 Å². The summed E-state index contributed by atoms with van der Waals surface area (Å²) in [5.41, 5.74) is 1.10. The molecule has 1 saturated heterocycles. The average molecular weight is 474 g/mol. The third-order valence-corrected chi connectivity index (χ3v) is 7.79. The molecule has 2 amide bonds. The highest BCUT2D eigenvalue weighted by Crippen LogP contribution is 2.33. The molecular weight excluding hydrogens is 446 g/mol. The van der Waals surface area contributed by atoms with Gasteiger partial charge in [-0.05, 0) is 62.2 Å². The third kappa shape index (κ3) is 4.81. The summed E-state index contributed by atoms with van der Waals surface area (Å²) in [6, 6.07) is 11.8. The van der Waals surface area contributed by atoms with Gasteiger partial charge in [-0.15, -0.1) is 0 Å². The maximum Gasteiger partial charge on any atom is 0.262 e. The van der Waals surface area contributed by atoms with Crippen molar-refractivity contribution in [1.82, 2.24) is 4.31 Å². The molecule has 176 valence electrons. The maximum atomic E-state index is 13.1. The predicted octanol–water partition coefficient (Wildman–Crippen LogP) is 2.48. The van der Waals surface area contributed by atoms with E-state index in [1.807, 2.05) is 31.2 Å². The topological polar surface area (TPSA) is 105 Å². The van der Waals surface area contributed by atoms with Gasteiger partial charge >= 0.3 is 0 Å². The van der Waals surface area contributed by atoms with Crippen LogP contribution < -0.4 is 19.7 Å². The van der Waals surface area contributed by atoms with E-state index in [0.717, 1.165) is 11.4 Å². The number of benzene rings is 2. The molecule has 2 aliphatic rings. The molecule has 0 spiro atoms. The van der Waals surface area contributed by atoms with Crippen molar-refractivity contribution in [2.45, 2.75) is 24.7 Å². The predicted molar refractivity (Wildman–Crippen MR) is 123 cm³/mol. The fraction of sp³-hybridized carbons (Fsp3) is 0.391. The van der Waals surface area contributed by atoms with Crippen LogP contribution >= 0.6 is 0 Å². The Morgan fingerprint density at radius 2 is 1.88 bits per heavy atom. The van der Waals surface area contributed by atoms with E-state index in [1.54, 1.807) is 18.0 Å². The summed E-state index contributed by atoms with van der Waals surface area (Å²) < 4.78 is 38.4. The summed E-state index contributed by atoms with van der Waals surface area (Å²) >= 11 is 0. The largest absolute Gasteiger partial charge is 0.494 e. The van der Waals surface area contributed by atoms with Gasteiger partial charge in [0.15, 0.2) is 6.61 Å². The van der Waals surface area contributed by atoms with Crippen molar-refractivity contribution in [3.8, 4) is 11.5 Å². The second-order valence-electron chi connectivity index (χ2n) is 8.00. The number of hydrogen-bond acceptors (Lipinski definition) is 6. The Labute approximate surface area is 193 Å². The molecule has 0 bridgehead atoms. The van der Waals surface area contributed by atoms with E-state index >= 15 is 0 Å². The zero-order chi connectivity index (χ0) is 23.6. The Morgan fingerprint density at radius 1 is 1.18 bits per heavy atom. The van der Waals surface area contributed by atoms with Crippen LogP contribution in [0.5, 0.6) is 11.5 Å². The summed E-state index contributed by atoms with van der Waals surface area (Å²) in [7, 11) is -2.03. The number of piperidine rings is 1. The number of amides is 2. The number of hydrogen-bond donors (Lipinski definition) is 1. The van der Waals surface area contributed by atoms with Crippen LogP contribution in [0.15, 0.2) is 47.4 Å². The first-order chi connectivity index (χ1) is 15.8. The molecule has 0 unspecified atom stereocenters. The molecule has 33 heavy (non-hydrogen) atoms. The van der Waals surface area contributed by atoms with Crippen molar-refractivity contribution >= 4 is 33.2 Å². The van der Waals surface area contributed by atoms with Crippen LogP contribution in [0.4, 0.5) is 11.4 Å². The number of carbonyl (C=O) groups excluding carboxylic acids is 2. The number of nitrogens with one attached hydrogen (secondary N) is 1. The summed E-state index contributed by atoms with van der Waals surface area (Å²) in [5.74, 6) is 0.561. The summed E-state index contributed by atoms with van der Waals surface area (Å²) in [4.78, 5) is 26.2. The molecule has 2 aromatic rings. The van der Waals surface area contributed by atoms with Gasteiger partial charge in [0.1, 0.15) is 11.5 Å². The molecule has 0 saturated carbocycles. The Balaban J connectivity index is 1.40. The Hall–Kier alpha value is -3.11. The molecular formula is C23H27N3O6S. The molecule has 1 fully saturated rings. The lowest BCUT2D eigenvalue weighted by Crippen LogP contribution is -2.43. The fourth-order valence-electron chi connectivity index (χ4n) is 4.05. The monoisotopic (exact) mass is 473 g/mol. The number of ether oxygens (including phenoxy) is 2. The van der Waals surface area contributed by atoms with Gasteiger partial charge in [-0.3, -0.25) is 9.59 Å². The van der Waals surface area contributed by atoms with Crippen molar-refractivity contribution in [3.63, 3.8) is 0 Å². The lowest BCUT2D eigenvalue weighted by molar-refractivity contribution is -0.123. The standard InChI is InChI=1S/C23H27N3O6S/c1-3-31-18-6-4-17(5-7-18)25(2)23(28)16-10-12-26(13-11-16)33(29,30)19-8-9-21-20(14-19)24-22(27)15-32-21/h4-9,14,16H,3,10-13,15H2,1-2H3,(H,24,27). The summed E-state index contributed by atoms with van der Waals surface area (Å²) in [6.45, 7) is 2.88. The lowest BCUT2D eigenvalue weighted by atomic mass is 9.96. The van der Waals surface area contributed by atoms with E-state index in [4.69, 9.17) is 9.47 Å². The first-order valence-electron chi connectivity index (χ1n) is 10.9. The minimum Gasteiger partial charge on any atom is -0.494 e. The molecule has 2 heterocycles. The fourth-order valence-corrected chi connectivity index (χ4v) is 5.55. The Bertz CT molecular complexity index is 1140. The first kappa shape index (κ1) is 23.1. The van der Waals surface area contributed by atoms with Gasteiger partial charge in [-0.2, -0.15) is 4.31 Å². The zero-order valence-corrected chi connectivity index (χ0v) is 19.4. The van der Waals surface area contributed by atoms with Crippen molar-refractivity contribution in [2.24, 2.45) is 5.92 Å². The zero-order valence-electron chi connectivity index (χ0n) is 18.6. The van der Waals surface area contributed by atoms with Crippen molar-refractivity contribution in [1.29, 1.82) is 0 Å². The lowest BCUT2D eigenvalue weighted by Gasteiger charge is -2.32. The third-order valence-electron chi connectivity index (χ3n) is 5.89. The van der Waals surface area contributed by atoms with Crippen LogP contribution in [-0.2, 0) is 19.6 Å².